The summed E-state index contributed by atoms with van der Waals surface area (Å²) in [4.78, 5) is 0. The zero-order chi connectivity index (χ0) is 14.4. The van der Waals surface area contributed by atoms with Gasteiger partial charge in [0.05, 0.1) is 7.11 Å². The fourth-order valence-electron chi connectivity index (χ4n) is 2.27. The van der Waals surface area contributed by atoms with E-state index in [1.165, 1.54) is 14.7 Å². The smallest absolute Gasteiger partial charge is 0.119 e. The molecule has 0 heterocycles. The van der Waals surface area contributed by atoms with Crippen molar-refractivity contribution in [1.82, 2.24) is 5.32 Å². The van der Waals surface area contributed by atoms with Crippen molar-refractivity contribution >= 4 is 22.6 Å². The van der Waals surface area contributed by atoms with Gasteiger partial charge in [-0.25, -0.2) is 0 Å². The molecular weight excluding hydrogens is 361 g/mol. The van der Waals surface area contributed by atoms with Gasteiger partial charge in [0.25, 0.3) is 0 Å². The molecule has 1 unspecified atom stereocenters. The lowest BCUT2D eigenvalue weighted by Crippen LogP contribution is -2.23. The molecule has 106 valence electrons. The van der Waals surface area contributed by atoms with Gasteiger partial charge in [0.2, 0.25) is 0 Å². The third kappa shape index (κ3) is 4.21. The van der Waals surface area contributed by atoms with Crippen molar-refractivity contribution in [2.75, 3.05) is 13.7 Å². The molecule has 2 rings (SSSR count). The molecule has 2 aromatic carbocycles. The van der Waals surface area contributed by atoms with E-state index >= 15 is 0 Å². The predicted molar refractivity (Wildman–Crippen MR) is 92.3 cm³/mol. The fourth-order valence-corrected chi connectivity index (χ4v) is 2.63. The van der Waals surface area contributed by atoms with E-state index in [9.17, 15) is 0 Å². The molecule has 0 radical (unpaired) electrons. The summed E-state index contributed by atoms with van der Waals surface area (Å²) in [5.41, 5.74) is 2.61. The lowest BCUT2D eigenvalue weighted by molar-refractivity contribution is 0.413. The maximum Gasteiger partial charge on any atom is 0.119 e. The second-order valence-corrected chi connectivity index (χ2v) is 5.96. The van der Waals surface area contributed by atoms with Gasteiger partial charge in [0.1, 0.15) is 5.75 Å². The number of rotatable bonds is 6. The molecule has 0 amide bonds. The van der Waals surface area contributed by atoms with E-state index in [-0.39, 0.29) is 0 Å². The van der Waals surface area contributed by atoms with Gasteiger partial charge in [-0.1, -0.05) is 31.2 Å². The summed E-state index contributed by atoms with van der Waals surface area (Å²) in [6.45, 7) is 3.09. The van der Waals surface area contributed by atoms with Crippen LogP contribution in [0.2, 0.25) is 0 Å². The second-order valence-electron chi connectivity index (χ2n) is 4.72. The summed E-state index contributed by atoms with van der Waals surface area (Å²) in [5, 5.41) is 3.56. The predicted octanol–water partition coefficient (Wildman–Crippen LogP) is 4.19. The van der Waals surface area contributed by atoms with Crippen molar-refractivity contribution in [1.29, 1.82) is 0 Å². The lowest BCUT2D eigenvalue weighted by Gasteiger charge is -2.19. The van der Waals surface area contributed by atoms with Crippen molar-refractivity contribution in [2.45, 2.75) is 19.4 Å². The maximum atomic E-state index is 5.32. The van der Waals surface area contributed by atoms with E-state index in [0.717, 1.165) is 18.7 Å². The summed E-state index contributed by atoms with van der Waals surface area (Å²) in [6, 6.07) is 17.3. The van der Waals surface area contributed by atoms with Crippen LogP contribution < -0.4 is 10.1 Å². The van der Waals surface area contributed by atoms with Gasteiger partial charge in [-0.05, 0) is 70.9 Å². The van der Waals surface area contributed by atoms with Gasteiger partial charge in [0.15, 0.2) is 0 Å². The molecule has 2 nitrogen and oxygen atoms in total. The van der Waals surface area contributed by atoms with E-state index in [1.807, 2.05) is 12.1 Å². The van der Waals surface area contributed by atoms with Gasteiger partial charge in [-0.15, -0.1) is 0 Å². The molecule has 0 aliphatic carbocycles. The number of hydrogen-bond donors (Lipinski definition) is 1. The fraction of sp³-hybridized carbons (Fsp3) is 0.294. The molecule has 0 spiro atoms. The number of halogens is 1. The number of ether oxygens (including phenoxy) is 1. The van der Waals surface area contributed by atoms with Gasteiger partial charge >= 0.3 is 0 Å². The molecule has 0 bridgehead atoms. The normalized spacial score (nSPS) is 12.2. The highest BCUT2D eigenvalue weighted by molar-refractivity contribution is 14.1. The van der Waals surface area contributed by atoms with Crippen LogP contribution in [0.1, 0.15) is 24.1 Å². The maximum absolute atomic E-state index is 5.32. The number of hydrogen-bond acceptors (Lipinski definition) is 2. The largest absolute Gasteiger partial charge is 0.497 e. The van der Waals surface area contributed by atoms with Crippen LogP contribution in [0.5, 0.6) is 5.75 Å². The Hall–Kier alpha value is -1.07. The Kier molecular flexibility index (Phi) is 5.86. The van der Waals surface area contributed by atoms with Crippen molar-refractivity contribution in [3.05, 3.63) is 63.2 Å². The van der Waals surface area contributed by atoms with Crippen LogP contribution >= 0.6 is 22.6 Å². The molecule has 0 aliphatic heterocycles. The Morgan fingerprint density at radius 1 is 1.15 bits per heavy atom. The minimum Gasteiger partial charge on any atom is -0.497 e. The van der Waals surface area contributed by atoms with Crippen molar-refractivity contribution in [3.63, 3.8) is 0 Å². The minimum absolute atomic E-state index is 0.315. The van der Waals surface area contributed by atoms with Crippen LogP contribution in [0.15, 0.2) is 48.5 Å². The van der Waals surface area contributed by atoms with Gasteiger partial charge in [-0.3, -0.25) is 0 Å². The van der Waals surface area contributed by atoms with Crippen molar-refractivity contribution in [2.24, 2.45) is 0 Å². The van der Waals surface area contributed by atoms with E-state index in [2.05, 4.69) is 71.2 Å². The molecular formula is C17H20INO. The Labute approximate surface area is 134 Å². The molecule has 0 aliphatic rings. The highest BCUT2D eigenvalue weighted by Gasteiger charge is 2.11. The SMILES string of the molecule is CCNC(Cc1ccc(I)cc1)c1cccc(OC)c1. The third-order valence-corrected chi connectivity index (χ3v) is 4.02. The van der Waals surface area contributed by atoms with E-state index in [4.69, 9.17) is 4.74 Å². The molecule has 0 aromatic heterocycles. The van der Waals surface area contributed by atoms with Gasteiger partial charge in [0, 0.05) is 9.61 Å². The first-order valence-electron chi connectivity index (χ1n) is 6.84. The number of methoxy groups -OCH3 is 1. The molecule has 0 fully saturated rings. The minimum atomic E-state index is 0.315. The Morgan fingerprint density at radius 2 is 1.90 bits per heavy atom. The summed E-state index contributed by atoms with van der Waals surface area (Å²) in [7, 11) is 1.71. The zero-order valence-corrected chi connectivity index (χ0v) is 14.1. The van der Waals surface area contributed by atoms with E-state index in [0.29, 0.717) is 6.04 Å². The van der Waals surface area contributed by atoms with Crippen LogP contribution in [0.4, 0.5) is 0 Å². The van der Waals surface area contributed by atoms with Crippen LogP contribution in [0.3, 0.4) is 0 Å². The monoisotopic (exact) mass is 381 g/mol. The molecule has 0 saturated heterocycles. The summed E-state index contributed by atoms with van der Waals surface area (Å²) >= 11 is 2.34. The third-order valence-electron chi connectivity index (χ3n) is 3.30. The molecule has 0 saturated carbocycles. The van der Waals surface area contributed by atoms with Crippen LogP contribution in [0.25, 0.3) is 0 Å². The number of benzene rings is 2. The average Bonchev–Trinajstić information content (AvgIpc) is 2.49. The average molecular weight is 381 g/mol. The number of likely N-dealkylation sites (N-methyl/N-ethyl adjacent to an activating group) is 1. The Balaban J connectivity index is 2.19. The first-order chi connectivity index (χ1) is 9.72. The molecule has 3 heteroatoms. The molecule has 1 N–H and O–H groups in total. The first kappa shape index (κ1) is 15.3. The summed E-state index contributed by atoms with van der Waals surface area (Å²) in [6.07, 6.45) is 0.984. The van der Waals surface area contributed by atoms with Crippen LogP contribution in [0, 0.1) is 3.57 Å². The van der Waals surface area contributed by atoms with Crippen LogP contribution in [-0.4, -0.2) is 13.7 Å². The van der Waals surface area contributed by atoms with Crippen LogP contribution in [-0.2, 0) is 6.42 Å². The highest BCUT2D eigenvalue weighted by atomic mass is 127. The van der Waals surface area contributed by atoms with Crippen molar-refractivity contribution < 1.29 is 4.74 Å². The standard InChI is InChI=1S/C17H20INO/c1-3-19-17(11-13-7-9-15(18)10-8-13)14-5-4-6-16(12-14)20-2/h4-10,12,17,19H,3,11H2,1-2H3. The van der Waals surface area contributed by atoms with Crippen molar-refractivity contribution in [3.8, 4) is 5.75 Å². The lowest BCUT2D eigenvalue weighted by atomic mass is 9.98. The Bertz CT molecular complexity index is 539. The molecule has 20 heavy (non-hydrogen) atoms. The van der Waals surface area contributed by atoms with Gasteiger partial charge in [-0.2, -0.15) is 0 Å². The Morgan fingerprint density at radius 3 is 2.55 bits per heavy atom. The van der Waals surface area contributed by atoms with E-state index < -0.39 is 0 Å². The zero-order valence-electron chi connectivity index (χ0n) is 11.9. The van der Waals surface area contributed by atoms with Gasteiger partial charge < -0.3 is 10.1 Å². The highest BCUT2D eigenvalue weighted by Crippen LogP contribution is 2.23. The first-order valence-corrected chi connectivity index (χ1v) is 7.92. The topological polar surface area (TPSA) is 21.3 Å². The molecule has 2 aromatic rings. The number of nitrogens with one attached hydrogen (secondary N) is 1. The molecule has 1 atom stereocenters. The second kappa shape index (κ2) is 7.64. The quantitative estimate of drug-likeness (QED) is 0.758. The summed E-state index contributed by atoms with van der Waals surface area (Å²) < 4.78 is 6.59. The van der Waals surface area contributed by atoms with E-state index in [1.54, 1.807) is 7.11 Å². The summed E-state index contributed by atoms with van der Waals surface area (Å²) in [5.74, 6) is 0.910.